The molecule has 5 unspecified atom stereocenters. The third-order valence-electron chi connectivity index (χ3n) is 15.1. The van der Waals surface area contributed by atoms with E-state index in [2.05, 4.69) is 64.2 Å². The van der Waals surface area contributed by atoms with E-state index >= 15 is 0 Å². The minimum Gasteiger partial charge on any atom is -0.342 e. The monoisotopic (exact) mass is 863 g/mol. The van der Waals surface area contributed by atoms with Gasteiger partial charge in [-0.2, -0.15) is 0 Å². The van der Waals surface area contributed by atoms with E-state index < -0.39 is 0 Å². The summed E-state index contributed by atoms with van der Waals surface area (Å²) in [6, 6.07) is 0.768. The van der Waals surface area contributed by atoms with E-state index in [4.69, 9.17) is 0 Å². The van der Waals surface area contributed by atoms with E-state index in [0.29, 0.717) is 75.5 Å². The highest BCUT2D eigenvalue weighted by atomic mass is 16.2. The van der Waals surface area contributed by atoms with Crippen molar-refractivity contribution in [3.05, 3.63) is 38.0 Å². The Hall–Kier alpha value is -4.20. The van der Waals surface area contributed by atoms with E-state index in [-0.39, 0.29) is 53.0 Å². The number of urea groups is 1. The number of likely N-dealkylation sites (tertiary alicyclic amines) is 4. The van der Waals surface area contributed by atoms with Crippen molar-refractivity contribution in [3.8, 4) is 0 Å². The SMILES string of the molecule is C=CC(=O)N1CC2(CC(C(=O)N3CCC(C(C)C)C3)C2)C1.C=CC(=O)N1CCN(C(=O)C2CCN(C(C)CC)C2)CC1.C=CC(=O)N1CCN(C(=O)N2CCC(CC)C2)C(C)C1. The van der Waals surface area contributed by atoms with Gasteiger partial charge in [-0.25, -0.2) is 4.79 Å². The molecule has 5 atom stereocenters. The molecule has 6 heterocycles. The summed E-state index contributed by atoms with van der Waals surface area (Å²) in [7, 11) is 0. The van der Waals surface area contributed by atoms with Crippen LogP contribution in [0.4, 0.5) is 4.79 Å². The maximum atomic E-state index is 12.6. The maximum Gasteiger partial charge on any atom is 0.320 e. The number of carbonyl (C=O) groups is 6. The average molecular weight is 863 g/mol. The highest BCUT2D eigenvalue weighted by Crippen LogP contribution is 2.52. The predicted molar refractivity (Wildman–Crippen MR) is 243 cm³/mol. The Bertz CT molecular complexity index is 1630. The smallest absolute Gasteiger partial charge is 0.320 e. The van der Waals surface area contributed by atoms with Gasteiger partial charge in [-0.05, 0) is 94.9 Å². The Morgan fingerprint density at radius 1 is 0.597 bits per heavy atom. The molecule has 7 rings (SSSR count). The lowest BCUT2D eigenvalue weighted by molar-refractivity contribution is -0.161. The van der Waals surface area contributed by atoms with Gasteiger partial charge in [0.15, 0.2) is 0 Å². The van der Waals surface area contributed by atoms with Crippen LogP contribution >= 0.6 is 0 Å². The van der Waals surface area contributed by atoms with Gasteiger partial charge in [0.25, 0.3) is 0 Å². The molecule has 14 nitrogen and oxygen atoms in total. The van der Waals surface area contributed by atoms with Crippen molar-refractivity contribution in [2.75, 3.05) is 98.2 Å². The Morgan fingerprint density at radius 2 is 1.16 bits per heavy atom. The third kappa shape index (κ3) is 11.7. The molecular formula is C48H78N8O6. The second-order valence-electron chi connectivity index (χ2n) is 19.5. The van der Waals surface area contributed by atoms with Gasteiger partial charge < -0.3 is 34.3 Å². The van der Waals surface area contributed by atoms with Crippen LogP contribution in [0.3, 0.4) is 0 Å². The molecule has 0 N–H and O–H groups in total. The molecule has 0 radical (unpaired) electrons. The van der Waals surface area contributed by atoms with Crippen LogP contribution in [0.2, 0.25) is 0 Å². The van der Waals surface area contributed by atoms with Crippen LogP contribution in [0.5, 0.6) is 0 Å². The van der Waals surface area contributed by atoms with Crippen LogP contribution in [0.15, 0.2) is 38.0 Å². The standard InChI is InChI=1S/C17H26N2O2.C16H27N3O2.C15H25N3O2/c1-4-15(20)19-10-17(11-19)7-14(8-17)16(21)18-6-5-13(9-18)12(2)3;1-4-13(3)19-7-6-14(12-19)16(21)18-10-8-17(9-11-18)15(20)5-2;1-4-13-6-7-17(11-13)15(20)18-9-8-16(10-12(18)3)14(19)5-2/h4,12-14H,1,5-11H2,2-3H3;5,13-14H,2,4,6-12H2,1,3H3;5,12-13H,2,4,6-11H2,1,3H3. The molecule has 1 saturated carbocycles. The molecule has 6 aliphatic heterocycles. The molecule has 0 bridgehead atoms. The molecule has 0 aromatic carbocycles. The van der Waals surface area contributed by atoms with Crippen molar-refractivity contribution in [2.24, 2.45) is 35.0 Å². The summed E-state index contributed by atoms with van der Waals surface area (Å²) >= 11 is 0. The van der Waals surface area contributed by atoms with Gasteiger partial charge in [0.2, 0.25) is 29.5 Å². The lowest BCUT2D eigenvalue weighted by atomic mass is 9.57. The molecule has 7 fully saturated rings. The molecule has 14 heteroatoms. The summed E-state index contributed by atoms with van der Waals surface area (Å²) in [6.07, 6.45) is 11.5. The maximum absolute atomic E-state index is 12.6. The number of amides is 7. The summed E-state index contributed by atoms with van der Waals surface area (Å²) in [6.45, 7) is 35.2. The fourth-order valence-electron chi connectivity index (χ4n) is 10.5. The second-order valence-corrected chi connectivity index (χ2v) is 19.5. The Labute approximate surface area is 372 Å². The van der Waals surface area contributed by atoms with Gasteiger partial charge in [-0.1, -0.05) is 53.9 Å². The van der Waals surface area contributed by atoms with Crippen molar-refractivity contribution in [1.29, 1.82) is 0 Å². The largest absolute Gasteiger partial charge is 0.342 e. The van der Waals surface area contributed by atoms with Crippen molar-refractivity contribution in [1.82, 2.24) is 39.2 Å². The Morgan fingerprint density at radius 3 is 1.71 bits per heavy atom. The number of hydrogen-bond donors (Lipinski definition) is 0. The normalized spacial score (nSPS) is 26.5. The Balaban J connectivity index is 0.000000176. The molecule has 7 amide bonds. The molecule has 62 heavy (non-hydrogen) atoms. The number of hydrogen-bond acceptors (Lipinski definition) is 7. The highest BCUT2D eigenvalue weighted by molar-refractivity contribution is 5.89. The van der Waals surface area contributed by atoms with E-state index in [1.807, 2.05) is 26.5 Å². The van der Waals surface area contributed by atoms with Gasteiger partial charge in [0.05, 0.1) is 5.92 Å². The second kappa shape index (κ2) is 21.9. The van der Waals surface area contributed by atoms with Crippen molar-refractivity contribution in [3.63, 3.8) is 0 Å². The quantitative estimate of drug-likeness (QED) is 0.314. The highest BCUT2D eigenvalue weighted by Gasteiger charge is 2.56. The van der Waals surface area contributed by atoms with Crippen LogP contribution < -0.4 is 0 Å². The first-order valence-electron chi connectivity index (χ1n) is 23.7. The zero-order valence-electron chi connectivity index (χ0n) is 39.0. The summed E-state index contributed by atoms with van der Waals surface area (Å²) in [5, 5.41) is 0. The molecule has 346 valence electrons. The van der Waals surface area contributed by atoms with Crippen LogP contribution in [0.1, 0.15) is 86.5 Å². The minimum absolute atomic E-state index is 0.0229. The first kappa shape index (κ1) is 48.8. The minimum atomic E-state index is -0.0452. The zero-order chi connectivity index (χ0) is 45.3. The van der Waals surface area contributed by atoms with Crippen LogP contribution in [0.25, 0.3) is 0 Å². The summed E-state index contributed by atoms with van der Waals surface area (Å²) < 4.78 is 0. The predicted octanol–water partition coefficient (Wildman–Crippen LogP) is 4.44. The molecule has 7 aliphatic rings. The fourth-order valence-corrected chi connectivity index (χ4v) is 10.5. The van der Waals surface area contributed by atoms with Gasteiger partial charge in [-0.15, -0.1) is 0 Å². The van der Waals surface area contributed by atoms with Gasteiger partial charge in [0, 0.05) is 115 Å². The number of nitrogens with zero attached hydrogens (tertiary/aromatic N) is 8. The Kier molecular flexibility index (Phi) is 17.3. The number of carbonyl (C=O) groups excluding carboxylic acids is 6. The van der Waals surface area contributed by atoms with E-state index in [0.717, 1.165) is 97.3 Å². The molecule has 1 spiro atoms. The van der Waals surface area contributed by atoms with Crippen LogP contribution in [-0.2, 0) is 24.0 Å². The third-order valence-corrected chi connectivity index (χ3v) is 15.1. The molecule has 6 saturated heterocycles. The lowest BCUT2D eigenvalue weighted by Crippen LogP contribution is -2.65. The van der Waals surface area contributed by atoms with Crippen LogP contribution in [-0.4, -0.2) is 185 Å². The molecule has 0 aromatic heterocycles. The summed E-state index contributed by atoms with van der Waals surface area (Å²) in [4.78, 5) is 88.0. The lowest BCUT2D eigenvalue weighted by Gasteiger charge is -2.58. The summed E-state index contributed by atoms with van der Waals surface area (Å²) in [5.41, 5.74) is 0.246. The topological polar surface area (TPSA) is 128 Å². The van der Waals surface area contributed by atoms with E-state index in [1.165, 1.54) is 18.2 Å². The summed E-state index contributed by atoms with van der Waals surface area (Å²) in [5.74, 6) is 2.91. The zero-order valence-corrected chi connectivity index (χ0v) is 39.0. The number of piperazine rings is 2. The molecular weight excluding hydrogens is 785 g/mol. The van der Waals surface area contributed by atoms with Gasteiger partial charge >= 0.3 is 6.03 Å². The van der Waals surface area contributed by atoms with Crippen molar-refractivity contribution in [2.45, 2.75) is 98.6 Å². The van der Waals surface area contributed by atoms with E-state index in [9.17, 15) is 28.8 Å². The average Bonchev–Trinajstić information content (AvgIpc) is 4.07. The molecule has 1 aliphatic carbocycles. The molecule has 0 aromatic rings. The first-order valence-corrected chi connectivity index (χ1v) is 23.7. The fraction of sp³-hybridized carbons (Fsp3) is 0.750. The van der Waals surface area contributed by atoms with Crippen LogP contribution in [0, 0.1) is 35.0 Å². The van der Waals surface area contributed by atoms with Gasteiger partial charge in [0.1, 0.15) is 0 Å². The van der Waals surface area contributed by atoms with Gasteiger partial charge in [-0.3, -0.25) is 28.9 Å². The van der Waals surface area contributed by atoms with Crippen molar-refractivity contribution < 1.29 is 28.8 Å². The van der Waals surface area contributed by atoms with E-state index in [1.54, 1.807) is 9.80 Å². The first-order chi connectivity index (χ1) is 29.6. The van der Waals surface area contributed by atoms with Crippen molar-refractivity contribution >= 4 is 35.6 Å². The number of rotatable bonds is 9.